The Hall–Kier alpha value is -4.88. The van der Waals surface area contributed by atoms with Gasteiger partial charge in [-0.3, -0.25) is 19.1 Å². The van der Waals surface area contributed by atoms with Gasteiger partial charge in [0.25, 0.3) is 5.91 Å². The van der Waals surface area contributed by atoms with Crippen LogP contribution in [0.5, 0.6) is 5.75 Å². The summed E-state index contributed by atoms with van der Waals surface area (Å²) in [7, 11) is -2.35. The quantitative estimate of drug-likeness (QED) is 0.213. The average molecular weight is 811 g/mol. The monoisotopic (exact) mass is 810 g/mol. The molecule has 2 saturated heterocycles. The molecule has 6 atom stereocenters. The van der Waals surface area contributed by atoms with E-state index >= 15 is 0 Å². The van der Waals surface area contributed by atoms with Gasteiger partial charge in [0.15, 0.2) is 0 Å². The molecule has 4 amide bonds. The van der Waals surface area contributed by atoms with E-state index in [1.807, 2.05) is 17.5 Å². The highest BCUT2D eigenvalue weighted by Gasteiger charge is 2.62. The number of aromatic nitrogens is 4. The summed E-state index contributed by atoms with van der Waals surface area (Å²) in [6, 6.07) is 4.35. The van der Waals surface area contributed by atoms with E-state index in [2.05, 4.69) is 26.9 Å². The van der Waals surface area contributed by atoms with Crippen LogP contribution in [0.1, 0.15) is 58.9 Å². The van der Waals surface area contributed by atoms with Gasteiger partial charge in [-0.25, -0.2) is 18.2 Å². The number of rotatable bonds is 13. The second-order valence-electron chi connectivity index (χ2n) is 15.7. The number of alkyl carbamates (subject to hydrolysis) is 1. The van der Waals surface area contributed by atoms with E-state index in [9.17, 15) is 27.6 Å². The average Bonchev–Trinajstić information content (AvgIpc) is 3.74. The van der Waals surface area contributed by atoms with Crippen LogP contribution in [-0.4, -0.2) is 113 Å². The summed E-state index contributed by atoms with van der Waals surface area (Å²) < 4.78 is 43.9. The van der Waals surface area contributed by atoms with Gasteiger partial charge >= 0.3 is 6.09 Å². The van der Waals surface area contributed by atoms with Crippen LogP contribution in [-0.2, 0) is 33.9 Å². The number of thiazole rings is 1. The molecule has 56 heavy (non-hydrogen) atoms. The molecule has 3 unspecified atom stereocenters. The highest BCUT2D eigenvalue weighted by Crippen LogP contribution is 2.46. The van der Waals surface area contributed by atoms with Gasteiger partial charge in [-0.15, -0.1) is 23.0 Å². The Balaban J connectivity index is 1.21. The van der Waals surface area contributed by atoms with E-state index in [0.29, 0.717) is 48.0 Å². The number of hydrogen-bond donors (Lipinski definition) is 3. The lowest BCUT2D eigenvalue weighted by molar-refractivity contribution is -0.142. The van der Waals surface area contributed by atoms with E-state index in [4.69, 9.17) is 24.4 Å². The van der Waals surface area contributed by atoms with Crippen LogP contribution in [0.4, 0.5) is 4.79 Å². The maximum Gasteiger partial charge on any atom is 0.408 e. The van der Waals surface area contributed by atoms with Crippen LogP contribution < -0.4 is 20.1 Å². The highest BCUT2D eigenvalue weighted by molar-refractivity contribution is 7.91. The van der Waals surface area contributed by atoms with Crippen LogP contribution in [0.25, 0.3) is 22.0 Å². The summed E-state index contributed by atoms with van der Waals surface area (Å²) in [5.41, 5.74) is -0.646. The van der Waals surface area contributed by atoms with Crippen LogP contribution >= 0.6 is 11.3 Å². The Bertz CT molecular complexity index is 2090. The number of ether oxygens (including phenoxy) is 3. The number of amides is 4. The van der Waals surface area contributed by atoms with Gasteiger partial charge in [-0.2, -0.15) is 9.90 Å². The molecule has 1 aromatic carbocycles. The van der Waals surface area contributed by atoms with Crippen molar-refractivity contribution in [2.45, 2.75) is 87.9 Å². The normalized spacial score (nSPS) is 25.2. The van der Waals surface area contributed by atoms with Crippen LogP contribution in [0.3, 0.4) is 0 Å². The smallest absolute Gasteiger partial charge is 0.408 e. The number of hydrogen-bond acceptors (Lipinski definition) is 13. The molecule has 4 fully saturated rings. The third kappa shape index (κ3) is 8.02. The van der Waals surface area contributed by atoms with Crippen LogP contribution in [0.15, 0.2) is 48.5 Å². The van der Waals surface area contributed by atoms with Crippen LogP contribution in [0, 0.1) is 11.3 Å². The Morgan fingerprint density at radius 3 is 2.43 bits per heavy atom. The van der Waals surface area contributed by atoms with Crippen molar-refractivity contribution in [3.8, 4) is 27.7 Å². The van der Waals surface area contributed by atoms with Gasteiger partial charge in [0.05, 0.1) is 31.6 Å². The van der Waals surface area contributed by atoms with E-state index in [-0.39, 0.29) is 26.0 Å². The standard InChI is InChI=1S/C37H46N8O9S2/c1-6-22-18-37(22,34(48)43-56(50,51)26-11-12-26)40-31(46)27-17-23(19-44(27)33(47)30(36(2,3)4)39-35(49)54-25-13-15-53-20-25)45-41-28(21-7-9-24(52-5)10-8-21)29(42-45)32-38-14-16-55-32/h6-10,14,16,22-23,25-27,30H,1,11-13,15,17-20H2,2-5H3,(H,39,49)(H,40,46)(H,43,48)/t22?,23-,25?,27+,30-,37?/m1/s1. The minimum atomic E-state index is -3.92. The van der Waals surface area contributed by atoms with E-state index in [1.54, 1.807) is 46.2 Å². The van der Waals surface area contributed by atoms with E-state index in [0.717, 1.165) is 5.56 Å². The predicted octanol–water partition coefficient (Wildman–Crippen LogP) is 2.82. The lowest BCUT2D eigenvalue weighted by atomic mass is 9.85. The Morgan fingerprint density at radius 1 is 1.11 bits per heavy atom. The van der Waals surface area contributed by atoms with Crippen molar-refractivity contribution in [2.24, 2.45) is 11.3 Å². The van der Waals surface area contributed by atoms with Crippen molar-refractivity contribution in [3.63, 3.8) is 0 Å². The number of likely N-dealkylation sites (tertiary alicyclic amines) is 1. The minimum Gasteiger partial charge on any atom is -0.497 e. The number of nitrogens with zero attached hydrogens (tertiary/aromatic N) is 5. The summed E-state index contributed by atoms with van der Waals surface area (Å²) in [5.74, 6) is -1.97. The zero-order valence-corrected chi connectivity index (χ0v) is 33.2. The fourth-order valence-electron chi connectivity index (χ4n) is 7.13. The molecule has 4 heterocycles. The van der Waals surface area contributed by atoms with Crippen LogP contribution in [0.2, 0.25) is 0 Å². The van der Waals surface area contributed by atoms with Crippen molar-refractivity contribution < 1.29 is 41.8 Å². The number of nitrogens with one attached hydrogen (secondary N) is 3. The van der Waals surface area contributed by atoms with E-state index in [1.165, 1.54) is 27.1 Å². The molecule has 4 aliphatic rings. The molecule has 17 nitrogen and oxygen atoms in total. The molecule has 3 N–H and O–H groups in total. The molecule has 0 radical (unpaired) electrons. The Morgan fingerprint density at radius 2 is 1.84 bits per heavy atom. The number of benzene rings is 1. The number of carbonyl (C=O) groups is 4. The van der Waals surface area contributed by atoms with E-state index < -0.39 is 80.2 Å². The second kappa shape index (κ2) is 15.2. The molecule has 300 valence electrons. The van der Waals surface area contributed by atoms with Crippen molar-refractivity contribution in [3.05, 3.63) is 48.5 Å². The topological polar surface area (TPSA) is 213 Å². The van der Waals surface area contributed by atoms with Gasteiger partial charge in [-0.1, -0.05) is 26.8 Å². The fourth-order valence-corrected chi connectivity index (χ4v) is 9.11. The molecule has 0 bridgehead atoms. The van der Waals surface area contributed by atoms with Crippen molar-refractivity contribution in [1.29, 1.82) is 0 Å². The number of carbonyl (C=O) groups excluding carboxylic acids is 4. The van der Waals surface area contributed by atoms with Gasteiger partial charge in [0.2, 0.25) is 21.8 Å². The fraction of sp³-hybridized carbons (Fsp3) is 0.541. The zero-order chi connectivity index (χ0) is 40.0. The van der Waals surface area contributed by atoms with Gasteiger partial charge in [0.1, 0.15) is 45.9 Å². The molecule has 2 aliphatic heterocycles. The molecular weight excluding hydrogens is 765 g/mol. The first kappa shape index (κ1) is 39.4. The Labute approximate surface area is 328 Å². The van der Waals surface area contributed by atoms with Gasteiger partial charge in [-0.05, 0) is 48.9 Å². The summed E-state index contributed by atoms with van der Waals surface area (Å²) in [4.78, 5) is 63.2. The second-order valence-corrected chi connectivity index (χ2v) is 18.6. The molecule has 2 aliphatic carbocycles. The maximum absolute atomic E-state index is 14.7. The summed E-state index contributed by atoms with van der Waals surface area (Å²) in [6.45, 7) is 9.81. The summed E-state index contributed by atoms with van der Waals surface area (Å²) in [6.07, 6.45) is 3.49. The number of sulfonamides is 1. The van der Waals surface area contributed by atoms with Crippen molar-refractivity contribution in [1.82, 2.24) is 40.2 Å². The molecule has 3 aromatic rings. The largest absolute Gasteiger partial charge is 0.497 e. The van der Waals surface area contributed by atoms with Crippen molar-refractivity contribution in [2.75, 3.05) is 26.9 Å². The SMILES string of the molecule is C=CC1CC1(NC(=O)[C@@H]1C[C@@H](n2nc(-c3ccc(OC)cc3)c(-c3nccs3)n2)CN1C(=O)[C@@H](NC(=O)OC1CCOC1)C(C)(C)C)C(=O)NS(=O)(=O)C1CC1. The zero-order valence-electron chi connectivity index (χ0n) is 31.6. The lowest BCUT2D eigenvalue weighted by Crippen LogP contribution is -2.60. The first-order valence-electron chi connectivity index (χ1n) is 18.5. The highest BCUT2D eigenvalue weighted by atomic mass is 32.2. The first-order chi connectivity index (χ1) is 26.6. The molecular formula is C37H46N8O9S2. The third-order valence-corrected chi connectivity index (χ3v) is 13.2. The molecule has 19 heteroatoms. The molecule has 0 spiro atoms. The molecule has 2 aromatic heterocycles. The lowest BCUT2D eigenvalue weighted by Gasteiger charge is -2.35. The van der Waals surface area contributed by atoms with Gasteiger partial charge in [0, 0.05) is 42.4 Å². The summed E-state index contributed by atoms with van der Waals surface area (Å²) in [5, 5.41) is 17.1. The maximum atomic E-state index is 14.7. The first-order valence-corrected chi connectivity index (χ1v) is 20.9. The Kier molecular flexibility index (Phi) is 10.7. The van der Waals surface area contributed by atoms with Crippen molar-refractivity contribution >= 4 is 45.2 Å². The molecule has 2 saturated carbocycles. The number of methoxy groups -OCH3 is 1. The molecule has 7 rings (SSSR count). The summed E-state index contributed by atoms with van der Waals surface area (Å²) >= 11 is 1.38. The third-order valence-electron chi connectivity index (χ3n) is 10.6. The van der Waals surface area contributed by atoms with Gasteiger partial charge < -0.3 is 29.7 Å². The minimum absolute atomic E-state index is 0.0309. The predicted molar refractivity (Wildman–Crippen MR) is 204 cm³/mol.